The van der Waals surface area contributed by atoms with Crippen molar-refractivity contribution in [3.05, 3.63) is 70.8 Å². The molecule has 0 spiro atoms. The Morgan fingerprint density at radius 2 is 1.81 bits per heavy atom. The molecule has 0 bridgehead atoms. The van der Waals surface area contributed by atoms with Gasteiger partial charge < -0.3 is 5.32 Å². The van der Waals surface area contributed by atoms with Gasteiger partial charge in [-0.15, -0.1) is 0 Å². The van der Waals surface area contributed by atoms with Crippen molar-refractivity contribution in [1.29, 1.82) is 0 Å². The Bertz CT molecular complexity index is 602. The average molecular weight is 279 g/mol. The van der Waals surface area contributed by atoms with Crippen molar-refractivity contribution < 1.29 is 0 Å². The molecule has 3 atom stereocenters. The van der Waals surface area contributed by atoms with Crippen LogP contribution in [-0.2, 0) is 0 Å². The molecule has 0 radical (unpaired) electrons. The zero-order valence-electron chi connectivity index (χ0n) is 13.3. The Kier molecular flexibility index (Phi) is 4.12. The summed E-state index contributed by atoms with van der Waals surface area (Å²) in [4.78, 5) is 0. The molecule has 1 nitrogen and oxygen atoms in total. The van der Waals surface area contributed by atoms with Crippen LogP contribution in [0.1, 0.15) is 47.6 Å². The summed E-state index contributed by atoms with van der Waals surface area (Å²) < 4.78 is 0. The van der Waals surface area contributed by atoms with Crippen molar-refractivity contribution in [2.75, 3.05) is 6.54 Å². The van der Waals surface area contributed by atoms with Crippen LogP contribution in [-0.4, -0.2) is 6.54 Å². The van der Waals surface area contributed by atoms with Crippen LogP contribution in [0.25, 0.3) is 0 Å². The van der Waals surface area contributed by atoms with Crippen molar-refractivity contribution in [2.24, 2.45) is 5.92 Å². The highest BCUT2D eigenvalue weighted by molar-refractivity contribution is 5.38. The summed E-state index contributed by atoms with van der Waals surface area (Å²) in [5, 5.41) is 3.73. The van der Waals surface area contributed by atoms with Crippen LogP contribution in [0.15, 0.2) is 48.5 Å². The number of nitrogens with one attached hydrogen (secondary N) is 1. The van der Waals surface area contributed by atoms with Gasteiger partial charge in [0.1, 0.15) is 0 Å². The van der Waals surface area contributed by atoms with Crippen molar-refractivity contribution in [2.45, 2.75) is 39.2 Å². The van der Waals surface area contributed by atoms with E-state index in [4.69, 9.17) is 0 Å². The van der Waals surface area contributed by atoms with E-state index in [0.717, 1.165) is 18.4 Å². The molecule has 110 valence electrons. The molecule has 1 aliphatic carbocycles. The van der Waals surface area contributed by atoms with Crippen LogP contribution in [0.4, 0.5) is 0 Å². The van der Waals surface area contributed by atoms with Crippen LogP contribution in [0.5, 0.6) is 0 Å². The molecule has 2 aromatic rings. The predicted molar refractivity (Wildman–Crippen MR) is 89.6 cm³/mol. The van der Waals surface area contributed by atoms with E-state index in [1.807, 2.05) is 0 Å². The van der Waals surface area contributed by atoms with Crippen LogP contribution in [0, 0.1) is 19.8 Å². The summed E-state index contributed by atoms with van der Waals surface area (Å²) in [6, 6.07) is 18.2. The quantitative estimate of drug-likeness (QED) is 0.832. The third-order valence-corrected chi connectivity index (χ3v) is 4.90. The van der Waals surface area contributed by atoms with E-state index in [0.29, 0.717) is 6.04 Å². The fraction of sp³-hybridized carbons (Fsp3) is 0.400. The summed E-state index contributed by atoms with van der Waals surface area (Å²) in [5.41, 5.74) is 5.82. The standard InChI is InChI=1S/C20H25N/c1-4-21-20(17-12-8-9-14(2)15(17)3)19-13-18(19)16-10-6-5-7-11-16/h5-12,18-21H,4,13H2,1-3H3. The van der Waals surface area contributed by atoms with Gasteiger partial charge in [0, 0.05) is 6.04 Å². The monoisotopic (exact) mass is 279 g/mol. The maximum Gasteiger partial charge on any atom is 0.0357 e. The molecule has 0 saturated heterocycles. The summed E-state index contributed by atoms with van der Waals surface area (Å²) >= 11 is 0. The third kappa shape index (κ3) is 2.89. The number of rotatable bonds is 5. The second-order valence-corrected chi connectivity index (χ2v) is 6.24. The summed E-state index contributed by atoms with van der Waals surface area (Å²) in [7, 11) is 0. The third-order valence-electron chi connectivity index (χ3n) is 4.90. The van der Waals surface area contributed by atoms with Crippen molar-refractivity contribution >= 4 is 0 Å². The summed E-state index contributed by atoms with van der Waals surface area (Å²) in [6.45, 7) is 7.70. The second-order valence-electron chi connectivity index (χ2n) is 6.24. The van der Waals surface area contributed by atoms with Gasteiger partial charge >= 0.3 is 0 Å². The minimum Gasteiger partial charge on any atom is -0.310 e. The molecule has 1 fully saturated rings. The molecule has 0 aliphatic heterocycles. The van der Waals surface area contributed by atoms with Gasteiger partial charge in [-0.1, -0.05) is 55.5 Å². The van der Waals surface area contributed by atoms with E-state index in [-0.39, 0.29) is 0 Å². The topological polar surface area (TPSA) is 12.0 Å². The molecule has 1 aliphatic rings. The molecule has 21 heavy (non-hydrogen) atoms. The van der Waals surface area contributed by atoms with E-state index in [9.17, 15) is 0 Å². The number of aryl methyl sites for hydroxylation is 1. The van der Waals surface area contributed by atoms with Crippen molar-refractivity contribution in [3.63, 3.8) is 0 Å². The Labute approximate surface area is 128 Å². The van der Waals surface area contributed by atoms with E-state index >= 15 is 0 Å². The van der Waals surface area contributed by atoms with E-state index in [1.165, 1.54) is 28.7 Å². The van der Waals surface area contributed by atoms with Crippen LogP contribution >= 0.6 is 0 Å². The average Bonchev–Trinajstić information content (AvgIpc) is 3.29. The van der Waals surface area contributed by atoms with E-state index < -0.39 is 0 Å². The van der Waals surface area contributed by atoms with E-state index in [1.54, 1.807) is 0 Å². The smallest absolute Gasteiger partial charge is 0.0357 e. The van der Waals surface area contributed by atoms with Crippen LogP contribution in [0.3, 0.4) is 0 Å². The van der Waals surface area contributed by atoms with Crippen LogP contribution in [0.2, 0.25) is 0 Å². The van der Waals surface area contributed by atoms with Gasteiger partial charge in [0.25, 0.3) is 0 Å². The van der Waals surface area contributed by atoms with E-state index in [2.05, 4.69) is 74.6 Å². The molecule has 0 aromatic heterocycles. The molecular weight excluding hydrogens is 254 g/mol. The molecule has 0 heterocycles. The van der Waals surface area contributed by atoms with Crippen molar-refractivity contribution in [1.82, 2.24) is 5.32 Å². The molecule has 1 heteroatoms. The first-order valence-electron chi connectivity index (χ1n) is 8.06. The molecule has 3 unspecified atom stereocenters. The Morgan fingerprint density at radius 3 is 2.52 bits per heavy atom. The highest BCUT2D eigenvalue weighted by Crippen LogP contribution is 2.54. The number of hydrogen-bond acceptors (Lipinski definition) is 1. The largest absolute Gasteiger partial charge is 0.310 e. The van der Waals surface area contributed by atoms with Gasteiger partial charge in [-0.3, -0.25) is 0 Å². The Morgan fingerprint density at radius 1 is 1.05 bits per heavy atom. The lowest BCUT2D eigenvalue weighted by molar-refractivity contribution is 0.485. The molecular formula is C20H25N. The lowest BCUT2D eigenvalue weighted by Gasteiger charge is -2.22. The fourth-order valence-corrected chi connectivity index (χ4v) is 3.49. The first kappa shape index (κ1) is 14.3. The lowest BCUT2D eigenvalue weighted by atomic mass is 9.93. The summed E-state index contributed by atoms with van der Waals surface area (Å²) in [6.07, 6.45) is 1.30. The predicted octanol–water partition coefficient (Wildman–Crippen LogP) is 4.76. The van der Waals surface area contributed by atoms with Gasteiger partial charge in [0.2, 0.25) is 0 Å². The molecule has 1 N–H and O–H groups in total. The molecule has 1 saturated carbocycles. The number of benzene rings is 2. The zero-order chi connectivity index (χ0) is 14.8. The fourth-order valence-electron chi connectivity index (χ4n) is 3.49. The molecule has 2 aromatic carbocycles. The SMILES string of the molecule is CCNC(c1cccc(C)c1C)C1CC1c1ccccc1. The lowest BCUT2D eigenvalue weighted by Crippen LogP contribution is -2.24. The highest BCUT2D eigenvalue weighted by Gasteiger charge is 2.44. The number of hydrogen-bond donors (Lipinski definition) is 1. The highest BCUT2D eigenvalue weighted by atomic mass is 14.9. The van der Waals surface area contributed by atoms with Crippen molar-refractivity contribution in [3.8, 4) is 0 Å². The van der Waals surface area contributed by atoms with Gasteiger partial charge in [0.05, 0.1) is 0 Å². The van der Waals surface area contributed by atoms with Gasteiger partial charge in [-0.2, -0.15) is 0 Å². The summed E-state index contributed by atoms with van der Waals surface area (Å²) in [5.74, 6) is 1.45. The minimum atomic E-state index is 0.486. The van der Waals surface area contributed by atoms with Gasteiger partial charge in [-0.05, 0) is 60.9 Å². The van der Waals surface area contributed by atoms with Gasteiger partial charge in [-0.25, -0.2) is 0 Å². The molecule has 3 rings (SSSR count). The first-order chi connectivity index (χ1) is 10.2. The Balaban J connectivity index is 1.85. The normalized spacial score (nSPS) is 22.0. The zero-order valence-corrected chi connectivity index (χ0v) is 13.3. The minimum absolute atomic E-state index is 0.486. The van der Waals surface area contributed by atoms with Gasteiger partial charge in [0.15, 0.2) is 0 Å². The van der Waals surface area contributed by atoms with Crippen LogP contribution < -0.4 is 5.32 Å². The maximum atomic E-state index is 3.73. The Hall–Kier alpha value is -1.60. The molecule has 0 amide bonds. The second kappa shape index (κ2) is 6.03. The first-order valence-corrected chi connectivity index (χ1v) is 8.06. The maximum absolute atomic E-state index is 3.73.